The molecule has 1 amide bonds. The van der Waals surface area contributed by atoms with Crippen LogP contribution in [0, 0.1) is 5.82 Å². The molecule has 202 valence electrons. The number of fused-ring (bicyclic) bond motifs is 2. The molecule has 4 aromatic rings. The van der Waals surface area contributed by atoms with Crippen LogP contribution >= 0.6 is 0 Å². The standard InChI is InChI=1S/C29H28F3N5O2/c1-36(15-26(31)32)14-18-10-20(2-3-21(18)17-7-9-39-16-17)35-24-5-4-22(23-12-34-29(38)28(23)24)25-13-33-27-11-19(30)6-8-37(25)27/h2-6,8,10-11,13,17,26,35H,7,9,12,14-16H2,1H3,(H,34,38)/t17-/m1/s1. The zero-order valence-electron chi connectivity index (χ0n) is 21.4. The number of rotatable bonds is 8. The molecule has 1 atom stereocenters. The van der Waals surface area contributed by atoms with Crippen LogP contribution in [-0.2, 0) is 17.8 Å². The van der Waals surface area contributed by atoms with Gasteiger partial charge in [0.1, 0.15) is 11.5 Å². The summed E-state index contributed by atoms with van der Waals surface area (Å²) in [6.45, 7) is 1.72. The minimum atomic E-state index is -2.42. The molecule has 2 aromatic carbocycles. The molecule has 7 nitrogen and oxygen atoms in total. The number of amides is 1. The van der Waals surface area contributed by atoms with Crippen molar-refractivity contribution in [1.29, 1.82) is 0 Å². The van der Waals surface area contributed by atoms with Crippen LogP contribution in [0.5, 0.6) is 0 Å². The molecule has 10 heteroatoms. The number of halogens is 3. The number of pyridine rings is 1. The van der Waals surface area contributed by atoms with E-state index < -0.39 is 6.43 Å². The topological polar surface area (TPSA) is 70.9 Å². The first-order valence-corrected chi connectivity index (χ1v) is 12.9. The van der Waals surface area contributed by atoms with Crippen LogP contribution in [-0.4, -0.2) is 53.4 Å². The molecule has 2 aromatic heterocycles. The third-order valence-corrected chi connectivity index (χ3v) is 7.40. The SMILES string of the molecule is CN(Cc1cc(Nc2ccc(-c3cnc4cc(F)ccn34)c3c2C(=O)NC3)ccc1[C@@H]1CCOC1)CC(F)F. The van der Waals surface area contributed by atoms with Crippen LogP contribution in [0.3, 0.4) is 0 Å². The van der Waals surface area contributed by atoms with Crippen LogP contribution < -0.4 is 10.6 Å². The van der Waals surface area contributed by atoms with Gasteiger partial charge in [0.15, 0.2) is 0 Å². The largest absolute Gasteiger partial charge is 0.381 e. The number of benzene rings is 2. The number of alkyl halides is 2. The van der Waals surface area contributed by atoms with Crippen LogP contribution in [0.2, 0.25) is 0 Å². The summed E-state index contributed by atoms with van der Waals surface area (Å²) in [5.41, 5.74) is 6.90. The number of imidazole rings is 1. The van der Waals surface area contributed by atoms with Gasteiger partial charge in [-0.25, -0.2) is 18.2 Å². The molecule has 0 aliphatic carbocycles. The normalized spacial score (nSPS) is 16.9. The molecule has 1 saturated heterocycles. The highest BCUT2D eigenvalue weighted by molar-refractivity contribution is 6.06. The molecule has 1 fully saturated rings. The number of carbonyl (C=O) groups excluding carboxylic acids is 1. The minimum absolute atomic E-state index is 0.189. The number of anilines is 2. The second-order valence-electron chi connectivity index (χ2n) is 10.1. The number of hydrogen-bond donors (Lipinski definition) is 2. The maximum atomic E-state index is 13.7. The van der Waals surface area contributed by atoms with Crippen molar-refractivity contribution >= 4 is 22.9 Å². The summed E-state index contributed by atoms with van der Waals surface area (Å²) in [4.78, 5) is 18.9. The number of nitrogens with one attached hydrogen (secondary N) is 2. The lowest BCUT2D eigenvalue weighted by molar-refractivity contribution is 0.0963. The molecule has 6 rings (SSSR count). The molecular formula is C29H28F3N5O2. The van der Waals surface area contributed by atoms with Gasteiger partial charge >= 0.3 is 0 Å². The van der Waals surface area contributed by atoms with E-state index in [0.717, 1.165) is 40.1 Å². The number of aromatic nitrogens is 2. The summed E-state index contributed by atoms with van der Waals surface area (Å²) in [6.07, 6.45) is 1.78. The number of carbonyl (C=O) groups is 1. The van der Waals surface area contributed by atoms with Crippen LogP contribution in [0.25, 0.3) is 16.9 Å². The first-order valence-electron chi connectivity index (χ1n) is 12.9. The molecule has 4 heterocycles. The molecule has 39 heavy (non-hydrogen) atoms. The average Bonchev–Trinajstić information content (AvgIpc) is 3.65. The highest BCUT2D eigenvalue weighted by Crippen LogP contribution is 2.37. The van der Waals surface area contributed by atoms with E-state index in [2.05, 4.69) is 15.6 Å². The Hall–Kier alpha value is -3.89. The van der Waals surface area contributed by atoms with Crippen LogP contribution in [0.4, 0.5) is 24.5 Å². The van der Waals surface area contributed by atoms with Gasteiger partial charge in [-0.3, -0.25) is 14.1 Å². The Morgan fingerprint density at radius 3 is 2.90 bits per heavy atom. The second kappa shape index (κ2) is 10.3. The van der Waals surface area contributed by atoms with Crippen molar-refractivity contribution in [3.05, 3.63) is 82.9 Å². The van der Waals surface area contributed by atoms with Gasteiger partial charge in [0.2, 0.25) is 0 Å². The van der Waals surface area contributed by atoms with Gasteiger partial charge in [0, 0.05) is 49.1 Å². The predicted molar refractivity (Wildman–Crippen MR) is 142 cm³/mol. The first-order chi connectivity index (χ1) is 18.9. The quantitative estimate of drug-likeness (QED) is 0.319. The zero-order valence-corrected chi connectivity index (χ0v) is 21.4. The molecule has 2 N–H and O–H groups in total. The van der Waals surface area contributed by atoms with Crippen molar-refractivity contribution < 1.29 is 22.7 Å². The molecule has 0 bridgehead atoms. The highest BCUT2D eigenvalue weighted by atomic mass is 19.3. The van der Waals surface area contributed by atoms with Crippen molar-refractivity contribution in [2.24, 2.45) is 0 Å². The number of nitrogens with zero attached hydrogens (tertiary/aromatic N) is 3. The van der Waals surface area contributed by atoms with Crippen molar-refractivity contribution in [1.82, 2.24) is 19.6 Å². The first kappa shape index (κ1) is 25.4. The maximum absolute atomic E-state index is 13.7. The predicted octanol–water partition coefficient (Wildman–Crippen LogP) is 5.33. The Morgan fingerprint density at radius 2 is 2.10 bits per heavy atom. The highest BCUT2D eigenvalue weighted by Gasteiger charge is 2.28. The summed E-state index contributed by atoms with van der Waals surface area (Å²) in [5, 5.41) is 6.31. The monoisotopic (exact) mass is 535 g/mol. The third-order valence-electron chi connectivity index (χ3n) is 7.40. The van der Waals surface area contributed by atoms with Crippen molar-refractivity contribution in [2.45, 2.75) is 31.9 Å². The molecule has 0 saturated carbocycles. The van der Waals surface area contributed by atoms with Gasteiger partial charge < -0.3 is 15.4 Å². The van der Waals surface area contributed by atoms with E-state index in [4.69, 9.17) is 4.74 Å². The Morgan fingerprint density at radius 1 is 1.23 bits per heavy atom. The minimum Gasteiger partial charge on any atom is -0.381 e. The van der Waals surface area contributed by atoms with E-state index in [1.807, 2.05) is 30.3 Å². The summed E-state index contributed by atoms with van der Waals surface area (Å²) < 4.78 is 47.1. The van der Waals surface area contributed by atoms with E-state index >= 15 is 0 Å². The van der Waals surface area contributed by atoms with Gasteiger partial charge in [-0.2, -0.15) is 0 Å². The zero-order chi connectivity index (χ0) is 27.1. The lowest BCUT2D eigenvalue weighted by atomic mass is 9.92. The van der Waals surface area contributed by atoms with Gasteiger partial charge in [0.25, 0.3) is 12.3 Å². The second-order valence-corrected chi connectivity index (χ2v) is 10.1. The lowest BCUT2D eigenvalue weighted by Gasteiger charge is -2.22. The van der Waals surface area contributed by atoms with E-state index in [-0.39, 0.29) is 24.2 Å². The average molecular weight is 536 g/mol. The van der Waals surface area contributed by atoms with Gasteiger partial charge in [-0.1, -0.05) is 12.1 Å². The number of ether oxygens (including phenoxy) is 1. The third kappa shape index (κ3) is 4.97. The lowest BCUT2D eigenvalue weighted by Crippen LogP contribution is -2.25. The smallest absolute Gasteiger partial charge is 0.254 e. The van der Waals surface area contributed by atoms with E-state index in [1.54, 1.807) is 28.7 Å². The summed E-state index contributed by atoms with van der Waals surface area (Å²) in [7, 11) is 1.69. The van der Waals surface area contributed by atoms with Crippen molar-refractivity contribution in [3.8, 4) is 11.3 Å². The van der Waals surface area contributed by atoms with Crippen LogP contribution in [0.15, 0.2) is 54.9 Å². The fourth-order valence-corrected chi connectivity index (χ4v) is 5.59. The number of hydrogen-bond acceptors (Lipinski definition) is 5. The van der Waals surface area contributed by atoms with Gasteiger partial charge in [0.05, 0.1) is 36.3 Å². The van der Waals surface area contributed by atoms with Crippen molar-refractivity contribution in [3.63, 3.8) is 0 Å². The van der Waals surface area contributed by atoms with Crippen molar-refractivity contribution in [2.75, 3.05) is 32.1 Å². The van der Waals surface area contributed by atoms with Crippen LogP contribution in [0.1, 0.15) is 39.4 Å². The fraction of sp³-hybridized carbons (Fsp3) is 0.310. The van der Waals surface area contributed by atoms with E-state index in [1.165, 1.54) is 12.1 Å². The molecule has 2 aliphatic heterocycles. The van der Waals surface area contributed by atoms with E-state index in [0.29, 0.717) is 43.2 Å². The molecule has 0 radical (unpaired) electrons. The Kier molecular flexibility index (Phi) is 6.74. The maximum Gasteiger partial charge on any atom is 0.254 e. The van der Waals surface area contributed by atoms with Gasteiger partial charge in [-0.15, -0.1) is 0 Å². The molecule has 2 aliphatic rings. The Balaban J connectivity index is 1.35. The molecule has 0 unspecified atom stereocenters. The molecule has 0 spiro atoms. The summed E-state index contributed by atoms with van der Waals surface area (Å²) in [5.74, 6) is -0.333. The molecular weight excluding hydrogens is 507 g/mol. The fourth-order valence-electron chi connectivity index (χ4n) is 5.59. The Labute approximate surface area is 223 Å². The van der Waals surface area contributed by atoms with Gasteiger partial charge in [-0.05, 0) is 54.4 Å². The van der Waals surface area contributed by atoms with E-state index in [9.17, 15) is 18.0 Å². The summed E-state index contributed by atoms with van der Waals surface area (Å²) >= 11 is 0. The summed E-state index contributed by atoms with van der Waals surface area (Å²) in [6, 6.07) is 12.5. The Bertz CT molecular complexity index is 1550.